The van der Waals surface area contributed by atoms with Crippen molar-refractivity contribution in [2.75, 3.05) is 6.61 Å². The fourth-order valence-electron chi connectivity index (χ4n) is 3.24. The van der Waals surface area contributed by atoms with E-state index in [2.05, 4.69) is 15.0 Å². The molecule has 0 bridgehead atoms. The maximum absolute atomic E-state index is 10.3. The molecule has 24 heavy (non-hydrogen) atoms. The molecule has 1 saturated heterocycles. The number of nitrogens with one attached hydrogen (secondary N) is 1. The Morgan fingerprint density at radius 3 is 2.79 bits per heavy atom. The van der Waals surface area contributed by atoms with Gasteiger partial charge in [0.1, 0.15) is 30.3 Å². The molecule has 0 aliphatic carbocycles. The molecule has 4 heterocycles. The minimum absolute atomic E-state index is 0.370. The highest BCUT2D eigenvalue weighted by Gasteiger charge is 2.44. The average molecular weight is 330 g/mol. The van der Waals surface area contributed by atoms with Gasteiger partial charge < -0.3 is 29.6 Å². The molecule has 0 spiro atoms. The lowest BCUT2D eigenvalue weighted by Gasteiger charge is -2.17. The van der Waals surface area contributed by atoms with Crippen LogP contribution >= 0.6 is 0 Å². The third kappa shape index (κ3) is 2.15. The third-order valence-corrected chi connectivity index (χ3v) is 4.48. The molecule has 0 aromatic carbocycles. The highest BCUT2D eigenvalue weighted by atomic mass is 16.6. The molecular formula is C16H18N4O4. The molecule has 1 fully saturated rings. The van der Waals surface area contributed by atoms with Crippen molar-refractivity contribution in [3.63, 3.8) is 0 Å². The van der Waals surface area contributed by atoms with Crippen molar-refractivity contribution < 1.29 is 20.1 Å². The average Bonchev–Trinajstić information content (AvgIpc) is 3.28. The fraction of sp³-hybridized carbons (Fsp3) is 0.375. The summed E-state index contributed by atoms with van der Waals surface area (Å²) in [6, 6.07) is 3.83. The molecular weight excluding hydrogens is 312 g/mol. The number of rotatable bonds is 3. The second-order valence-electron chi connectivity index (χ2n) is 5.92. The number of aromatic amines is 1. The number of hydrogen-bond acceptors (Lipinski definition) is 6. The van der Waals surface area contributed by atoms with Crippen LogP contribution in [-0.2, 0) is 4.74 Å². The Balaban J connectivity index is 1.90. The van der Waals surface area contributed by atoms with E-state index in [9.17, 15) is 15.3 Å². The topological polar surface area (TPSA) is 116 Å². The first-order valence-corrected chi connectivity index (χ1v) is 7.70. The van der Waals surface area contributed by atoms with E-state index in [0.717, 1.165) is 22.3 Å². The van der Waals surface area contributed by atoms with Gasteiger partial charge in [-0.2, -0.15) is 0 Å². The predicted molar refractivity (Wildman–Crippen MR) is 85.1 cm³/mol. The first kappa shape index (κ1) is 15.3. The van der Waals surface area contributed by atoms with E-state index >= 15 is 0 Å². The SMILES string of the molecule is Cc1ncnc2c1c(-c1ccc[nH]1)cn2[C@@H]1O[C@H](CO)[C@@H](O)[C@H]1O. The third-order valence-electron chi connectivity index (χ3n) is 4.48. The van der Waals surface area contributed by atoms with Crippen LogP contribution < -0.4 is 0 Å². The zero-order chi connectivity index (χ0) is 16.8. The lowest BCUT2D eigenvalue weighted by Crippen LogP contribution is -2.33. The van der Waals surface area contributed by atoms with Gasteiger partial charge in [0.25, 0.3) is 0 Å². The Bertz CT molecular complexity index is 860. The minimum Gasteiger partial charge on any atom is -0.394 e. The summed E-state index contributed by atoms with van der Waals surface area (Å²) in [6.45, 7) is 1.52. The van der Waals surface area contributed by atoms with Gasteiger partial charge in [-0.3, -0.25) is 0 Å². The van der Waals surface area contributed by atoms with Gasteiger partial charge >= 0.3 is 0 Å². The molecule has 4 rings (SSSR count). The summed E-state index contributed by atoms with van der Waals surface area (Å²) in [4.78, 5) is 11.7. The summed E-state index contributed by atoms with van der Waals surface area (Å²) in [6.07, 6.45) is 1.10. The molecule has 0 radical (unpaired) electrons. The normalized spacial score (nSPS) is 27.2. The molecule has 0 amide bonds. The van der Waals surface area contributed by atoms with Crippen LogP contribution in [0.15, 0.2) is 30.9 Å². The zero-order valence-corrected chi connectivity index (χ0v) is 13.0. The summed E-state index contributed by atoms with van der Waals surface area (Å²) < 4.78 is 7.33. The van der Waals surface area contributed by atoms with Gasteiger partial charge in [0.05, 0.1) is 12.3 Å². The number of fused-ring (bicyclic) bond motifs is 1. The highest BCUT2D eigenvalue weighted by Crippen LogP contribution is 2.36. The van der Waals surface area contributed by atoms with Crippen LogP contribution in [0.4, 0.5) is 0 Å². The number of hydrogen-bond donors (Lipinski definition) is 4. The molecule has 8 heteroatoms. The number of ether oxygens (including phenoxy) is 1. The van der Waals surface area contributed by atoms with E-state index in [4.69, 9.17) is 4.74 Å². The Hall–Kier alpha value is -2.26. The first-order valence-electron chi connectivity index (χ1n) is 7.70. The van der Waals surface area contributed by atoms with Gasteiger partial charge in [0, 0.05) is 29.0 Å². The largest absolute Gasteiger partial charge is 0.394 e. The lowest BCUT2D eigenvalue weighted by atomic mass is 10.1. The maximum Gasteiger partial charge on any atom is 0.164 e. The monoisotopic (exact) mass is 330 g/mol. The van der Waals surface area contributed by atoms with Crippen LogP contribution in [0, 0.1) is 6.92 Å². The van der Waals surface area contributed by atoms with E-state index in [1.807, 2.05) is 31.5 Å². The summed E-state index contributed by atoms with van der Waals surface area (Å²) in [7, 11) is 0. The first-order chi connectivity index (χ1) is 11.6. The van der Waals surface area contributed by atoms with Crippen molar-refractivity contribution in [3.8, 4) is 11.3 Å². The highest BCUT2D eigenvalue weighted by molar-refractivity contribution is 5.94. The maximum atomic E-state index is 10.3. The number of aliphatic hydroxyl groups excluding tert-OH is 3. The van der Waals surface area contributed by atoms with Crippen LogP contribution in [0.5, 0.6) is 0 Å². The second kappa shape index (κ2) is 5.67. The molecule has 0 unspecified atom stereocenters. The van der Waals surface area contributed by atoms with Crippen LogP contribution in [0.2, 0.25) is 0 Å². The molecule has 1 aliphatic heterocycles. The van der Waals surface area contributed by atoms with Crippen molar-refractivity contribution in [1.82, 2.24) is 19.5 Å². The van der Waals surface area contributed by atoms with Crippen molar-refractivity contribution in [2.45, 2.75) is 31.5 Å². The molecule has 1 aliphatic rings. The molecule has 8 nitrogen and oxygen atoms in total. The van der Waals surface area contributed by atoms with E-state index in [1.165, 1.54) is 6.33 Å². The number of aliphatic hydroxyl groups is 3. The van der Waals surface area contributed by atoms with Crippen molar-refractivity contribution >= 4 is 11.0 Å². The van der Waals surface area contributed by atoms with Crippen LogP contribution in [0.1, 0.15) is 11.9 Å². The number of aryl methyl sites for hydroxylation is 1. The summed E-state index contributed by atoms with van der Waals surface area (Å²) in [5.74, 6) is 0. The van der Waals surface area contributed by atoms with Gasteiger partial charge in [-0.05, 0) is 19.1 Å². The summed E-state index contributed by atoms with van der Waals surface area (Å²) >= 11 is 0. The molecule has 4 N–H and O–H groups in total. The molecule has 3 aromatic heterocycles. The molecule has 4 atom stereocenters. The van der Waals surface area contributed by atoms with Gasteiger partial charge in [0.15, 0.2) is 6.23 Å². The van der Waals surface area contributed by atoms with Gasteiger partial charge in [0.2, 0.25) is 0 Å². The van der Waals surface area contributed by atoms with Gasteiger partial charge in [-0.1, -0.05) is 0 Å². The predicted octanol–water partition coefficient (Wildman–Crippen LogP) is 0.346. The Morgan fingerprint density at radius 2 is 2.12 bits per heavy atom. The van der Waals surface area contributed by atoms with E-state index in [-0.39, 0.29) is 6.61 Å². The number of aromatic nitrogens is 4. The van der Waals surface area contributed by atoms with Gasteiger partial charge in [-0.25, -0.2) is 9.97 Å². The van der Waals surface area contributed by atoms with Crippen LogP contribution in [0.25, 0.3) is 22.3 Å². The molecule has 0 saturated carbocycles. The van der Waals surface area contributed by atoms with E-state index < -0.39 is 24.5 Å². The summed E-state index contributed by atoms with van der Waals surface area (Å²) in [5, 5.41) is 30.5. The van der Waals surface area contributed by atoms with Crippen LogP contribution in [-0.4, -0.2) is 59.8 Å². The Kier molecular flexibility index (Phi) is 3.61. The zero-order valence-electron chi connectivity index (χ0n) is 13.0. The quantitative estimate of drug-likeness (QED) is 0.550. The van der Waals surface area contributed by atoms with Crippen molar-refractivity contribution in [1.29, 1.82) is 0 Å². The van der Waals surface area contributed by atoms with E-state index in [1.54, 1.807) is 4.57 Å². The number of H-pyrrole nitrogens is 1. The molecule has 3 aromatic rings. The Labute approximate surface area is 137 Å². The number of nitrogens with zero attached hydrogens (tertiary/aromatic N) is 3. The van der Waals surface area contributed by atoms with E-state index in [0.29, 0.717) is 5.65 Å². The van der Waals surface area contributed by atoms with Crippen molar-refractivity contribution in [2.24, 2.45) is 0 Å². The second-order valence-corrected chi connectivity index (χ2v) is 5.92. The van der Waals surface area contributed by atoms with Gasteiger partial charge in [-0.15, -0.1) is 0 Å². The Morgan fingerprint density at radius 1 is 1.29 bits per heavy atom. The standard InChI is InChI=1S/C16H18N4O4/c1-8-12-9(10-3-2-4-17-10)5-20(15(12)19-7-18-8)16-14(23)13(22)11(6-21)24-16/h2-5,7,11,13-14,16-17,21-23H,6H2,1H3/t11-,13-,14-,16-/m1/s1. The smallest absolute Gasteiger partial charge is 0.164 e. The lowest BCUT2D eigenvalue weighted by molar-refractivity contribution is -0.0508. The fourth-order valence-corrected chi connectivity index (χ4v) is 3.24. The van der Waals surface area contributed by atoms with Crippen molar-refractivity contribution in [3.05, 3.63) is 36.5 Å². The summed E-state index contributed by atoms with van der Waals surface area (Å²) in [5.41, 5.74) is 3.17. The minimum atomic E-state index is -1.16. The molecule has 126 valence electrons. The van der Waals surface area contributed by atoms with Crippen LogP contribution in [0.3, 0.4) is 0 Å².